The minimum Gasteiger partial charge on any atom is -0.466 e. The molecule has 0 saturated heterocycles. The molecule has 2 aromatic rings. The van der Waals surface area contributed by atoms with Crippen molar-refractivity contribution < 1.29 is 4.74 Å². The van der Waals surface area contributed by atoms with Crippen LogP contribution >= 0.6 is 23.2 Å². The summed E-state index contributed by atoms with van der Waals surface area (Å²) in [7, 11) is 0. The lowest BCUT2D eigenvalue weighted by atomic mass is 9.82. The fourth-order valence-corrected chi connectivity index (χ4v) is 5.18. The number of hydrogen-bond acceptors (Lipinski definition) is 3. The van der Waals surface area contributed by atoms with E-state index in [1.54, 1.807) is 6.07 Å². The van der Waals surface area contributed by atoms with Crippen molar-refractivity contribution in [3.63, 3.8) is 0 Å². The smallest absolute Gasteiger partial charge is 0.198 e. The third-order valence-electron chi connectivity index (χ3n) is 6.20. The molecule has 2 aliphatic heterocycles. The Balaban J connectivity index is 1.59. The number of hydrazone groups is 1. The zero-order chi connectivity index (χ0) is 18.6. The summed E-state index contributed by atoms with van der Waals surface area (Å²) in [6, 6.07) is 14.2. The minimum atomic E-state index is -0.341. The average molecular weight is 401 g/mol. The Hall–Kier alpha value is -1.71. The number of para-hydroxylation sites is 1. The molecule has 0 radical (unpaired) electrons. The number of rotatable bonds is 1. The van der Waals surface area contributed by atoms with Gasteiger partial charge in [-0.1, -0.05) is 54.4 Å². The molecule has 1 fully saturated rings. The molecule has 5 rings (SSSR count). The molecule has 1 spiro atoms. The maximum Gasteiger partial charge on any atom is 0.198 e. The van der Waals surface area contributed by atoms with E-state index in [0.29, 0.717) is 10.0 Å². The van der Waals surface area contributed by atoms with E-state index in [1.807, 2.05) is 12.1 Å². The van der Waals surface area contributed by atoms with E-state index >= 15 is 0 Å². The van der Waals surface area contributed by atoms with Crippen molar-refractivity contribution in [3.05, 3.63) is 63.6 Å². The quantitative estimate of drug-likeness (QED) is 0.549. The molecular weight excluding hydrogens is 379 g/mol. The zero-order valence-electron chi connectivity index (χ0n) is 15.3. The number of benzene rings is 2. The average Bonchev–Trinajstić information content (AvgIpc) is 3.11. The molecular formula is C22H22Cl2N2O. The molecule has 1 saturated carbocycles. The highest BCUT2D eigenvalue weighted by atomic mass is 35.5. The van der Waals surface area contributed by atoms with Crippen LogP contribution < -0.4 is 4.74 Å². The fraction of sp³-hybridized carbons (Fsp3) is 0.409. The summed E-state index contributed by atoms with van der Waals surface area (Å²) < 4.78 is 6.62. The van der Waals surface area contributed by atoms with Crippen LogP contribution in [-0.2, 0) is 0 Å². The van der Waals surface area contributed by atoms with E-state index in [9.17, 15) is 0 Å². The van der Waals surface area contributed by atoms with Crippen LogP contribution in [-0.4, -0.2) is 16.4 Å². The number of ether oxygens (including phenoxy) is 1. The minimum absolute atomic E-state index is 0.199. The van der Waals surface area contributed by atoms with Gasteiger partial charge in [-0.25, -0.2) is 5.01 Å². The van der Waals surface area contributed by atoms with Crippen molar-refractivity contribution >= 4 is 28.9 Å². The van der Waals surface area contributed by atoms with Gasteiger partial charge in [-0.05, 0) is 37.0 Å². The van der Waals surface area contributed by atoms with E-state index in [2.05, 4.69) is 36.2 Å². The van der Waals surface area contributed by atoms with Crippen LogP contribution in [0.25, 0.3) is 0 Å². The van der Waals surface area contributed by atoms with Crippen LogP contribution in [0.3, 0.4) is 0 Å². The Bertz CT molecular complexity index is 918. The zero-order valence-corrected chi connectivity index (χ0v) is 16.8. The first-order valence-corrected chi connectivity index (χ1v) is 10.4. The molecule has 5 heteroatoms. The van der Waals surface area contributed by atoms with Crippen LogP contribution in [0.2, 0.25) is 10.0 Å². The Morgan fingerprint density at radius 1 is 1.11 bits per heavy atom. The summed E-state index contributed by atoms with van der Waals surface area (Å²) in [5, 5.41) is 8.61. The lowest BCUT2D eigenvalue weighted by molar-refractivity contribution is -0.145. The van der Waals surface area contributed by atoms with E-state index in [-0.39, 0.29) is 11.8 Å². The summed E-state index contributed by atoms with van der Waals surface area (Å²) in [6.07, 6.45) is 5.17. The first kappa shape index (κ1) is 17.4. The Kier molecular flexibility index (Phi) is 4.14. The SMILES string of the molecule is CC1CCC2(CC1)Oc1ccccc1[C@@H]1CC(c3ccc(Cl)cc3Cl)=NN12. The molecule has 3 aliphatic rings. The van der Waals surface area contributed by atoms with Gasteiger partial charge in [0.05, 0.1) is 16.8 Å². The highest BCUT2D eigenvalue weighted by Gasteiger charge is 2.51. The third kappa shape index (κ3) is 2.83. The van der Waals surface area contributed by atoms with Gasteiger partial charge < -0.3 is 4.74 Å². The Morgan fingerprint density at radius 2 is 1.89 bits per heavy atom. The second kappa shape index (κ2) is 6.42. The molecule has 0 N–H and O–H groups in total. The van der Waals surface area contributed by atoms with Crippen LogP contribution in [0.15, 0.2) is 47.6 Å². The lowest BCUT2D eigenvalue weighted by Gasteiger charge is -2.50. The molecule has 0 unspecified atom stereocenters. The maximum absolute atomic E-state index is 6.62. The second-order valence-corrected chi connectivity index (χ2v) is 8.85. The standard InChI is InChI=1S/C22H22Cl2N2O/c1-14-8-10-22(11-9-14)26-20(17-4-2-3-5-21(17)27-22)13-19(25-26)16-7-6-15(23)12-18(16)24/h2-7,12,14,20H,8-11,13H2,1H3/t14?,20-,22?/m0/s1. The maximum atomic E-state index is 6.62. The van der Waals surface area contributed by atoms with E-state index < -0.39 is 0 Å². The summed E-state index contributed by atoms with van der Waals surface area (Å²) in [5.41, 5.74) is 2.85. The Labute approximate surface area is 169 Å². The van der Waals surface area contributed by atoms with Gasteiger partial charge >= 0.3 is 0 Å². The van der Waals surface area contributed by atoms with Gasteiger partial charge in [-0.3, -0.25) is 0 Å². The molecule has 2 heterocycles. The number of hydrogen-bond donors (Lipinski definition) is 0. The van der Waals surface area contributed by atoms with Gasteiger partial charge in [-0.15, -0.1) is 0 Å². The lowest BCUT2D eigenvalue weighted by Crippen LogP contribution is -2.55. The highest BCUT2D eigenvalue weighted by molar-refractivity contribution is 6.37. The fourth-order valence-electron chi connectivity index (χ4n) is 4.66. The van der Waals surface area contributed by atoms with Crippen molar-refractivity contribution in [1.82, 2.24) is 5.01 Å². The van der Waals surface area contributed by atoms with E-state index in [4.69, 9.17) is 33.0 Å². The van der Waals surface area contributed by atoms with Crippen molar-refractivity contribution in [3.8, 4) is 5.75 Å². The van der Waals surface area contributed by atoms with Crippen LogP contribution in [0.1, 0.15) is 56.2 Å². The number of nitrogens with zero attached hydrogens (tertiary/aromatic N) is 2. The van der Waals surface area contributed by atoms with Gasteiger partial charge in [0.15, 0.2) is 5.72 Å². The van der Waals surface area contributed by atoms with Crippen LogP contribution in [0.5, 0.6) is 5.75 Å². The predicted molar refractivity (Wildman–Crippen MR) is 110 cm³/mol. The summed E-state index contributed by atoms with van der Waals surface area (Å²) in [5.74, 6) is 1.75. The van der Waals surface area contributed by atoms with Crippen molar-refractivity contribution in [2.24, 2.45) is 11.0 Å². The Morgan fingerprint density at radius 3 is 2.67 bits per heavy atom. The normalized spacial score (nSPS) is 29.1. The predicted octanol–water partition coefficient (Wildman–Crippen LogP) is 6.44. The van der Waals surface area contributed by atoms with Crippen LogP contribution in [0, 0.1) is 5.92 Å². The molecule has 0 amide bonds. The van der Waals surface area contributed by atoms with Gasteiger partial charge in [0, 0.05) is 35.4 Å². The molecule has 1 atom stereocenters. The van der Waals surface area contributed by atoms with Crippen molar-refractivity contribution in [1.29, 1.82) is 0 Å². The van der Waals surface area contributed by atoms with Gasteiger partial charge in [0.1, 0.15) is 5.75 Å². The second-order valence-electron chi connectivity index (χ2n) is 8.00. The molecule has 2 aromatic carbocycles. The summed E-state index contributed by atoms with van der Waals surface area (Å²) in [6.45, 7) is 2.33. The summed E-state index contributed by atoms with van der Waals surface area (Å²) >= 11 is 12.6. The molecule has 0 bridgehead atoms. The number of fused-ring (bicyclic) bond motifs is 4. The van der Waals surface area contributed by atoms with Gasteiger partial charge in [-0.2, -0.15) is 5.10 Å². The molecule has 27 heavy (non-hydrogen) atoms. The van der Waals surface area contributed by atoms with Gasteiger partial charge in [0.25, 0.3) is 0 Å². The molecule has 1 aliphatic carbocycles. The van der Waals surface area contributed by atoms with Gasteiger partial charge in [0.2, 0.25) is 0 Å². The largest absolute Gasteiger partial charge is 0.466 e. The first-order chi connectivity index (χ1) is 13.1. The topological polar surface area (TPSA) is 24.8 Å². The number of halogens is 2. The van der Waals surface area contributed by atoms with Crippen LogP contribution in [0.4, 0.5) is 0 Å². The first-order valence-electron chi connectivity index (χ1n) is 9.66. The van der Waals surface area contributed by atoms with E-state index in [0.717, 1.165) is 55.0 Å². The van der Waals surface area contributed by atoms with Crippen molar-refractivity contribution in [2.75, 3.05) is 0 Å². The van der Waals surface area contributed by atoms with Crippen molar-refractivity contribution in [2.45, 2.75) is 50.8 Å². The molecule has 140 valence electrons. The third-order valence-corrected chi connectivity index (χ3v) is 6.75. The van der Waals surface area contributed by atoms with E-state index in [1.165, 1.54) is 5.56 Å². The molecule has 3 nitrogen and oxygen atoms in total. The molecule has 0 aromatic heterocycles. The summed E-state index contributed by atoms with van der Waals surface area (Å²) in [4.78, 5) is 0. The monoisotopic (exact) mass is 400 g/mol. The highest BCUT2D eigenvalue weighted by Crippen LogP contribution is 2.52.